The van der Waals surface area contributed by atoms with Gasteiger partial charge < -0.3 is 18.9 Å². The van der Waals surface area contributed by atoms with Gasteiger partial charge in [-0.15, -0.1) is 12.4 Å². The third-order valence-electron chi connectivity index (χ3n) is 6.99. The first-order chi connectivity index (χ1) is 21.9. The van der Waals surface area contributed by atoms with Gasteiger partial charge in [0.15, 0.2) is 0 Å². The highest BCUT2D eigenvalue weighted by atomic mass is 35.5. The van der Waals surface area contributed by atoms with E-state index in [0.717, 1.165) is 16.7 Å². The highest BCUT2D eigenvalue weighted by Crippen LogP contribution is 2.28. The Bertz CT molecular complexity index is 1920. The van der Waals surface area contributed by atoms with Crippen LogP contribution in [0.4, 0.5) is 0 Å². The Hall–Kier alpha value is -3.35. The van der Waals surface area contributed by atoms with E-state index in [1.807, 2.05) is 99.8 Å². The zero-order chi connectivity index (χ0) is 35.9. The van der Waals surface area contributed by atoms with Crippen LogP contribution in [0.15, 0.2) is 101 Å². The average molecular weight is 770 g/mol. The lowest BCUT2D eigenvalue weighted by Gasteiger charge is -2.23. The van der Waals surface area contributed by atoms with E-state index in [9.17, 15) is 25.3 Å². The maximum Gasteiger partial charge on any atom is 0.283 e. The van der Waals surface area contributed by atoms with E-state index in [0.29, 0.717) is 64.9 Å². The summed E-state index contributed by atoms with van der Waals surface area (Å²) in [6.45, 7) is 1.82. The van der Waals surface area contributed by atoms with Crippen molar-refractivity contribution in [2.75, 3.05) is 83.1 Å². The molecule has 50 heavy (non-hydrogen) atoms. The van der Waals surface area contributed by atoms with Crippen molar-refractivity contribution in [2.24, 2.45) is 13.2 Å². The van der Waals surface area contributed by atoms with Gasteiger partial charge in [0.1, 0.15) is 36.8 Å². The van der Waals surface area contributed by atoms with Crippen molar-refractivity contribution in [1.82, 2.24) is 0 Å². The predicted octanol–water partition coefficient (Wildman–Crippen LogP) is 2.96. The maximum absolute atomic E-state index is 11.8. The van der Waals surface area contributed by atoms with Gasteiger partial charge in [0.05, 0.1) is 78.1 Å². The van der Waals surface area contributed by atoms with E-state index >= 15 is 0 Å². The van der Waals surface area contributed by atoms with E-state index in [4.69, 9.17) is 0 Å². The van der Waals surface area contributed by atoms with Crippen molar-refractivity contribution in [3.05, 3.63) is 89.5 Å². The minimum atomic E-state index is -3.45. The number of nitrogens with zero attached hydrogens (tertiary/aromatic N) is 6. The van der Waals surface area contributed by atoms with Crippen LogP contribution in [-0.2, 0) is 35.5 Å². The van der Waals surface area contributed by atoms with Crippen molar-refractivity contribution in [3.63, 3.8) is 0 Å². The van der Waals surface area contributed by atoms with Gasteiger partial charge in [0, 0.05) is 16.7 Å². The maximum atomic E-state index is 11.8. The number of likely N-dealkylation sites (N-methyl/N-ethyl adjacent to an activating group) is 3. The molecule has 17 heteroatoms. The third-order valence-corrected chi connectivity index (χ3v) is 11.1. The summed E-state index contributed by atoms with van der Waals surface area (Å²) in [6.07, 6.45) is 0. The highest BCUT2D eigenvalue weighted by molar-refractivity contribution is 7.91. The number of halogens is 1. The molecule has 3 aliphatic heterocycles. The van der Waals surface area contributed by atoms with Crippen LogP contribution in [-0.4, -0.2) is 139 Å². The van der Waals surface area contributed by atoms with E-state index < -0.39 is 30.1 Å². The number of hydrogen-bond acceptors (Lipinski definition) is 6. The molecule has 3 aromatic rings. The van der Waals surface area contributed by atoms with Crippen LogP contribution in [0, 0.1) is 0 Å². The van der Waals surface area contributed by atoms with Crippen LogP contribution in [0.5, 0.6) is 0 Å². The van der Waals surface area contributed by atoms with Gasteiger partial charge in [-0.1, -0.05) is 54.6 Å². The molecule has 0 saturated heterocycles. The summed E-state index contributed by atoms with van der Waals surface area (Å²) in [5, 5.41) is 0. The quantitative estimate of drug-likeness (QED) is 0.350. The smallest absolute Gasteiger partial charge is 0.283 e. The standard InChI is InChI=1S/3C11H15N2O2S.ClH.O/c3*1-13(2,3)8-10-9-6-4-5-7-11(9)16(14,15)12-10;;/h3*4-7H,8H2,1-3H3;1H;/q3*+1;;-2. The Morgan fingerprint density at radius 1 is 0.420 bits per heavy atom. The van der Waals surface area contributed by atoms with Crippen LogP contribution >= 0.6 is 12.4 Å². The molecular weight excluding hydrogens is 724 g/mol. The molecule has 3 heterocycles. The van der Waals surface area contributed by atoms with Crippen LogP contribution in [0.25, 0.3) is 0 Å². The largest absolute Gasteiger partial charge is 2.00 e. The molecule has 274 valence electrons. The summed E-state index contributed by atoms with van der Waals surface area (Å²) in [6, 6.07) is 20.9. The Balaban J connectivity index is 0.000000255. The normalized spacial score (nSPS) is 17.3. The van der Waals surface area contributed by atoms with Crippen molar-refractivity contribution < 1.29 is 44.2 Å². The highest BCUT2D eigenvalue weighted by Gasteiger charge is 2.33. The van der Waals surface area contributed by atoms with Crippen molar-refractivity contribution in [3.8, 4) is 0 Å². The fraction of sp³-hybridized carbons (Fsp3) is 0.364. The number of fused-ring (bicyclic) bond motifs is 3. The van der Waals surface area contributed by atoms with Crippen LogP contribution in [0.1, 0.15) is 16.7 Å². The van der Waals surface area contributed by atoms with Crippen LogP contribution in [0.2, 0.25) is 0 Å². The van der Waals surface area contributed by atoms with Crippen molar-refractivity contribution in [2.45, 2.75) is 14.7 Å². The van der Waals surface area contributed by atoms with Gasteiger partial charge in [-0.2, -0.15) is 38.4 Å². The molecule has 13 nitrogen and oxygen atoms in total. The SMILES string of the molecule is C[N+](C)(C)CC1=NS(=O)(=O)c2ccccc21.C[N+](C)(C)CC1=NS(=O)(=O)c2ccccc21.C[N+](C)(C)CC1=NS(=O)(=O)c2ccccc21.Cl.[O-2]. The molecule has 0 fully saturated rings. The molecule has 0 amide bonds. The lowest BCUT2D eigenvalue weighted by molar-refractivity contribution is -0.860. The van der Waals surface area contributed by atoms with E-state index in [-0.39, 0.29) is 17.9 Å². The molecule has 0 unspecified atom stereocenters. The lowest BCUT2D eigenvalue weighted by atomic mass is 10.1. The molecule has 0 aromatic heterocycles. The molecule has 0 radical (unpaired) electrons. The second-order valence-electron chi connectivity index (χ2n) is 14.9. The molecule has 3 aromatic carbocycles. The zero-order valence-electron chi connectivity index (χ0n) is 29.7. The van der Waals surface area contributed by atoms with Gasteiger partial charge in [-0.3, -0.25) is 0 Å². The number of quaternary nitrogens is 3. The molecule has 0 saturated carbocycles. The Kier molecular flexibility index (Phi) is 12.9. The molecule has 3 aliphatic rings. The fourth-order valence-electron chi connectivity index (χ4n) is 5.21. The van der Waals surface area contributed by atoms with Crippen molar-refractivity contribution in [1.29, 1.82) is 0 Å². The van der Waals surface area contributed by atoms with Gasteiger partial charge >= 0.3 is 0 Å². The minimum absolute atomic E-state index is 0. The average Bonchev–Trinajstić information content (AvgIpc) is 3.45. The lowest BCUT2D eigenvalue weighted by Crippen LogP contribution is -2.39. The van der Waals surface area contributed by atoms with Crippen LogP contribution < -0.4 is 0 Å². The summed E-state index contributed by atoms with van der Waals surface area (Å²) >= 11 is 0. The number of hydrogen-bond donors (Lipinski definition) is 0. The predicted molar refractivity (Wildman–Crippen MR) is 197 cm³/mol. The molecule has 6 rings (SSSR count). The summed E-state index contributed by atoms with van der Waals surface area (Å²) in [5.74, 6) is 0. The molecule has 0 spiro atoms. The Morgan fingerprint density at radius 3 is 0.820 bits per heavy atom. The van der Waals surface area contributed by atoms with Gasteiger partial charge in [0.2, 0.25) is 0 Å². The third kappa shape index (κ3) is 10.6. The molecule has 0 aliphatic carbocycles. The van der Waals surface area contributed by atoms with Gasteiger partial charge in [0.25, 0.3) is 30.1 Å². The van der Waals surface area contributed by atoms with Gasteiger partial charge in [-0.05, 0) is 18.2 Å². The number of sulfonamides is 3. The molecule has 0 N–H and O–H groups in total. The molecule has 0 bridgehead atoms. The monoisotopic (exact) mass is 769 g/mol. The topological polar surface area (TPSA) is 168 Å². The molecular formula is C33H46ClN6O7S3+. The first-order valence-corrected chi connectivity index (χ1v) is 19.4. The molecule has 0 atom stereocenters. The summed E-state index contributed by atoms with van der Waals surface area (Å²) < 4.78 is 84.0. The summed E-state index contributed by atoms with van der Waals surface area (Å²) in [5.41, 5.74) is 4.20. The van der Waals surface area contributed by atoms with E-state index in [2.05, 4.69) is 13.2 Å². The summed E-state index contributed by atoms with van der Waals surface area (Å²) in [4.78, 5) is 0.996. The number of rotatable bonds is 6. The van der Waals surface area contributed by atoms with E-state index in [1.54, 1.807) is 36.4 Å². The van der Waals surface area contributed by atoms with E-state index in [1.165, 1.54) is 0 Å². The van der Waals surface area contributed by atoms with Crippen LogP contribution in [0.3, 0.4) is 0 Å². The first-order valence-electron chi connectivity index (χ1n) is 15.1. The van der Waals surface area contributed by atoms with Gasteiger partial charge in [-0.25, -0.2) is 0 Å². The Labute approximate surface area is 303 Å². The minimum Gasteiger partial charge on any atom is -2.00 e. The second kappa shape index (κ2) is 15.1. The fourth-order valence-corrected chi connectivity index (χ4v) is 8.99. The first kappa shape index (κ1) is 42.8. The van der Waals surface area contributed by atoms with Crippen molar-refractivity contribution >= 4 is 59.6 Å². The zero-order valence-corrected chi connectivity index (χ0v) is 33.0. The summed E-state index contributed by atoms with van der Waals surface area (Å²) in [7, 11) is 7.74. The second-order valence-corrected chi connectivity index (χ2v) is 19.6. The Morgan fingerprint density at radius 2 is 0.620 bits per heavy atom. The number of benzene rings is 3.